The lowest BCUT2D eigenvalue weighted by Gasteiger charge is -2.22. The van der Waals surface area contributed by atoms with Gasteiger partial charge in [0.2, 0.25) is 6.10 Å². The number of ether oxygens (including phenoxy) is 2. The fraction of sp³-hybridized carbons (Fsp3) is 0.125. The van der Waals surface area contributed by atoms with Crippen LogP contribution in [0.15, 0.2) is 78.9 Å². The van der Waals surface area contributed by atoms with Gasteiger partial charge in [0.1, 0.15) is 11.5 Å². The Morgan fingerprint density at radius 1 is 0.967 bits per heavy atom. The van der Waals surface area contributed by atoms with Crippen LogP contribution in [0.4, 0.5) is 0 Å². The Bertz CT molecular complexity index is 1110. The minimum Gasteiger partial charge on any atom is -0.497 e. The standard InChI is InChI=1S/C24H19NO5/c1-29-18-11-7-10-17(14-18)20(26)15-25-23(27)19-12-5-6-13-21(19)30-22(24(25)28)16-8-3-2-4-9-16/h2-14,22H,15H2,1H3/t22-/m0/s1. The van der Waals surface area contributed by atoms with Gasteiger partial charge < -0.3 is 9.47 Å². The van der Waals surface area contributed by atoms with Crippen LogP contribution in [0.1, 0.15) is 32.4 Å². The molecular weight excluding hydrogens is 382 g/mol. The van der Waals surface area contributed by atoms with Crippen LogP contribution in [-0.4, -0.2) is 36.2 Å². The highest BCUT2D eigenvalue weighted by atomic mass is 16.5. The van der Waals surface area contributed by atoms with Crippen molar-refractivity contribution in [3.8, 4) is 11.5 Å². The number of amides is 2. The molecule has 6 heteroatoms. The Labute approximate surface area is 173 Å². The number of carbonyl (C=O) groups excluding carboxylic acids is 3. The van der Waals surface area contributed by atoms with Crippen LogP contribution in [0.2, 0.25) is 0 Å². The van der Waals surface area contributed by atoms with E-state index in [1.54, 1.807) is 72.8 Å². The van der Waals surface area contributed by atoms with Gasteiger partial charge in [0.05, 0.1) is 19.2 Å². The summed E-state index contributed by atoms with van der Waals surface area (Å²) < 4.78 is 11.1. The third-order valence-electron chi connectivity index (χ3n) is 4.89. The molecule has 150 valence electrons. The molecule has 0 fully saturated rings. The van der Waals surface area contributed by atoms with Gasteiger partial charge in [-0.2, -0.15) is 0 Å². The average Bonchev–Trinajstić information content (AvgIpc) is 2.90. The first-order valence-corrected chi connectivity index (χ1v) is 9.42. The van der Waals surface area contributed by atoms with Gasteiger partial charge in [0.25, 0.3) is 11.8 Å². The maximum atomic E-state index is 13.3. The highest BCUT2D eigenvalue weighted by molar-refractivity contribution is 6.12. The normalized spacial score (nSPS) is 15.8. The molecule has 0 saturated heterocycles. The Balaban J connectivity index is 1.72. The van der Waals surface area contributed by atoms with E-state index in [1.165, 1.54) is 7.11 Å². The molecule has 0 saturated carbocycles. The van der Waals surface area contributed by atoms with Crippen molar-refractivity contribution in [3.05, 3.63) is 95.6 Å². The molecule has 6 nitrogen and oxygen atoms in total. The summed E-state index contributed by atoms with van der Waals surface area (Å²) in [5, 5.41) is 0. The molecule has 1 atom stereocenters. The van der Waals surface area contributed by atoms with Crippen LogP contribution in [0.3, 0.4) is 0 Å². The molecule has 1 heterocycles. The van der Waals surface area contributed by atoms with Crippen LogP contribution in [0, 0.1) is 0 Å². The predicted molar refractivity (Wildman–Crippen MR) is 110 cm³/mol. The molecule has 30 heavy (non-hydrogen) atoms. The van der Waals surface area contributed by atoms with Crippen molar-refractivity contribution >= 4 is 17.6 Å². The number of ketones is 1. The van der Waals surface area contributed by atoms with Crippen molar-refractivity contribution in [2.45, 2.75) is 6.10 Å². The van der Waals surface area contributed by atoms with Crippen LogP contribution >= 0.6 is 0 Å². The van der Waals surface area contributed by atoms with Gasteiger partial charge >= 0.3 is 0 Å². The van der Waals surface area contributed by atoms with E-state index >= 15 is 0 Å². The summed E-state index contributed by atoms with van der Waals surface area (Å²) >= 11 is 0. The fourth-order valence-electron chi connectivity index (χ4n) is 3.33. The van der Waals surface area contributed by atoms with Gasteiger partial charge in [-0.05, 0) is 24.3 Å². The Morgan fingerprint density at radius 3 is 2.47 bits per heavy atom. The summed E-state index contributed by atoms with van der Waals surface area (Å²) in [7, 11) is 1.50. The van der Waals surface area contributed by atoms with Crippen molar-refractivity contribution in [2.24, 2.45) is 0 Å². The first-order chi connectivity index (χ1) is 14.6. The molecule has 0 radical (unpaired) electrons. The molecule has 3 aromatic carbocycles. The molecule has 1 aliphatic rings. The van der Waals surface area contributed by atoms with Crippen LogP contribution < -0.4 is 9.47 Å². The zero-order chi connectivity index (χ0) is 21.1. The smallest absolute Gasteiger partial charge is 0.275 e. The lowest BCUT2D eigenvalue weighted by molar-refractivity contribution is -0.135. The molecule has 4 rings (SSSR count). The SMILES string of the molecule is COc1cccc(C(=O)CN2C(=O)c3ccccc3O[C@@H](c3ccccc3)C2=O)c1. The summed E-state index contributed by atoms with van der Waals surface area (Å²) in [5.41, 5.74) is 1.19. The van der Waals surface area contributed by atoms with E-state index in [9.17, 15) is 14.4 Å². The largest absolute Gasteiger partial charge is 0.497 e. The molecule has 0 spiro atoms. The number of benzene rings is 3. The number of Topliss-reactive ketones (excluding diaryl/α,β-unsaturated/α-hetero) is 1. The van der Waals surface area contributed by atoms with Gasteiger partial charge in [-0.15, -0.1) is 0 Å². The summed E-state index contributed by atoms with van der Waals surface area (Å²) in [6, 6.07) is 22.2. The molecule has 2 amide bonds. The number of hydrogen-bond acceptors (Lipinski definition) is 5. The van der Waals surface area contributed by atoms with Crippen molar-refractivity contribution in [3.63, 3.8) is 0 Å². The van der Waals surface area contributed by atoms with E-state index in [2.05, 4.69) is 0 Å². The molecular formula is C24H19NO5. The molecule has 3 aromatic rings. The van der Waals surface area contributed by atoms with E-state index in [0.717, 1.165) is 4.90 Å². The predicted octanol–water partition coefficient (Wildman–Crippen LogP) is 3.68. The minimum atomic E-state index is -1.03. The van der Waals surface area contributed by atoms with E-state index in [1.807, 2.05) is 6.07 Å². The number of fused-ring (bicyclic) bond motifs is 1. The molecule has 0 aromatic heterocycles. The van der Waals surface area contributed by atoms with E-state index in [0.29, 0.717) is 22.6 Å². The lowest BCUT2D eigenvalue weighted by Crippen LogP contribution is -2.42. The maximum absolute atomic E-state index is 13.3. The Morgan fingerprint density at radius 2 is 1.70 bits per heavy atom. The van der Waals surface area contributed by atoms with E-state index < -0.39 is 24.5 Å². The number of para-hydroxylation sites is 1. The number of hydrogen-bond donors (Lipinski definition) is 0. The third kappa shape index (κ3) is 3.67. The van der Waals surface area contributed by atoms with Crippen molar-refractivity contribution in [2.75, 3.05) is 13.7 Å². The first kappa shape index (κ1) is 19.4. The van der Waals surface area contributed by atoms with E-state index in [4.69, 9.17) is 9.47 Å². The zero-order valence-electron chi connectivity index (χ0n) is 16.3. The first-order valence-electron chi connectivity index (χ1n) is 9.42. The zero-order valence-corrected chi connectivity index (χ0v) is 16.3. The lowest BCUT2D eigenvalue weighted by atomic mass is 10.1. The monoisotopic (exact) mass is 401 g/mol. The second-order valence-corrected chi connectivity index (χ2v) is 6.79. The Hall–Kier alpha value is -3.93. The van der Waals surface area contributed by atoms with Gasteiger partial charge in [0.15, 0.2) is 5.78 Å². The van der Waals surface area contributed by atoms with Crippen molar-refractivity contribution in [1.29, 1.82) is 0 Å². The number of nitrogens with zero attached hydrogens (tertiary/aromatic N) is 1. The van der Waals surface area contributed by atoms with E-state index in [-0.39, 0.29) is 11.3 Å². The number of methoxy groups -OCH3 is 1. The number of imide groups is 1. The minimum absolute atomic E-state index is 0.239. The van der Waals surface area contributed by atoms with Gasteiger partial charge in [-0.3, -0.25) is 19.3 Å². The summed E-state index contributed by atoms with van der Waals surface area (Å²) in [6.45, 7) is -0.397. The number of carbonyl (C=O) groups is 3. The molecule has 0 aliphatic carbocycles. The van der Waals surface area contributed by atoms with Crippen LogP contribution in [-0.2, 0) is 4.79 Å². The number of rotatable bonds is 5. The second-order valence-electron chi connectivity index (χ2n) is 6.79. The molecule has 0 bridgehead atoms. The highest BCUT2D eigenvalue weighted by Gasteiger charge is 2.38. The van der Waals surface area contributed by atoms with Gasteiger partial charge in [-0.1, -0.05) is 54.6 Å². The summed E-state index contributed by atoms with van der Waals surface area (Å²) in [5.74, 6) is -0.697. The average molecular weight is 401 g/mol. The second kappa shape index (κ2) is 8.21. The summed E-state index contributed by atoms with van der Waals surface area (Å²) in [4.78, 5) is 40.3. The quantitative estimate of drug-likeness (QED) is 0.482. The molecule has 0 unspecified atom stereocenters. The Kier molecular flexibility index (Phi) is 5.30. The van der Waals surface area contributed by atoms with Gasteiger partial charge in [0, 0.05) is 11.1 Å². The van der Waals surface area contributed by atoms with Crippen molar-refractivity contribution in [1.82, 2.24) is 4.90 Å². The van der Waals surface area contributed by atoms with Crippen molar-refractivity contribution < 1.29 is 23.9 Å². The van der Waals surface area contributed by atoms with Crippen LogP contribution in [0.5, 0.6) is 11.5 Å². The summed E-state index contributed by atoms with van der Waals surface area (Å²) in [6.07, 6.45) is -1.03. The van der Waals surface area contributed by atoms with Gasteiger partial charge in [-0.25, -0.2) is 0 Å². The highest BCUT2D eigenvalue weighted by Crippen LogP contribution is 2.32. The molecule has 1 aliphatic heterocycles. The van der Waals surface area contributed by atoms with Crippen LogP contribution in [0.25, 0.3) is 0 Å². The topological polar surface area (TPSA) is 72.9 Å². The molecule has 0 N–H and O–H groups in total. The maximum Gasteiger partial charge on any atom is 0.275 e. The fourth-order valence-corrected chi connectivity index (χ4v) is 3.33. The third-order valence-corrected chi connectivity index (χ3v) is 4.89.